The van der Waals surface area contributed by atoms with Crippen LogP contribution < -0.4 is 15.1 Å². The van der Waals surface area contributed by atoms with Crippen molar-refractivity contribution in [1.82, 2.24) is 15.4 Å². The van der Waals surface area contributed by atoms with Gasteiger partial charge in [0, 0.05) is 37.4 Å². The number of guanidine groups is 1. The maximum absolute atomic E-state index is 11.8. The molecule has 8 heteroatoms. The van der Waals surface area contributed by atoms with Crippen molar-refractivity contribution in [3.63, 3.8) is 0 Å². The summed E-state index contributed by atoms with van der Waals surface area (Å²) in [5, 5.41) is 9.65. The zero-order valence-corrected chi connectivity index (χ0v) is 16.3. The van der Waals surface area contributed by atoms with Crippen LogP contribution in [0.3, 0.4) is 0 Å². The van der Waals surface area contributed by atoms with Crippen LogP contribution in [0.1, 0.15) is 23.0 Å². The summed E-state index contributed by atoms with van der Waals surface area (Å²) < 4.78 is 5.30. The minimum absolute atomic E-state index is 0.0981. The van der Waals surface area contributed by atoms with Gasteiger partial charge in [0.15, 0.2) is 5.78 Å². The van der Waals surface area contributed by atoms with E-state index in [4.69, 9.17) is 4.74 Å². The number of Topliss-reactive ketones (excluding diaryl/α,β-unsaturated/α-hetero) is 1. The summed E-state index contributed by atoms with van der Waals surface area (Å²) in [5.41, 5.74) is 4.80. The molecule has 1 saturated heterocycles. The molecule has 0 aliphatic carbocycles. The van der Waals surface area contributed by atoms with E-state index in [9.17, 15) is 10.0 Å². The highest BCUT2D eigenvalue weighted by Gasteiger charge is 2.21. The Balaban J connectivity index is 1.81. The molecule has 2 aromatic rings. The Kier molecular flexibility index (Phi) is 6.10. The van der Waals surface area contributed by atoms with Gasteiger partial charge < -0.3 is 14.5 Å². The molecule has 0 amide bonds. The first kappa shape index (κ1) is 19.6. The number of methoxy groups -OCH3 is 1. The summed E-state index contributed by atoms with van der Waals surface area (Å²) in [7, 11) is 1.50. The molecule has 1 fully saturated rings. The van der Waals surface area contributed by atoms with Crippen molar-refractivity contribution >= 4 is 23.1 Å². The molecule has 1 aromatic carbocycles. The van der Waals surface area contributed by atoms with Gasteiger partial charge in [0.2, 0.25) is 11.8 Å². The lowest BCUT2D eigenvalue weighted by molar-refractivity contribution is 0.101. The van der Waals surface area contributed by atoms with Gasteiger partial charge in [-0.25, -0.2) is 15.5 Å². The number of aryl methyl sites for hydroxylation is 1. The molecule has 3 rings (SSSR count). The molecule has 0 spiro atoms. The number of carbonyl (C=O) groups is 1. The average molecular weight is 383 g/mol. The third-order valence-electron chi connectivity index (χ3n) is 4.76. The molecule has 1 aromatic heterocycles. The van der Waals surface area contributed by atoms with Crippen LogP contribution in [-0.2, 0) is 0 Å². The molecule has 0 unspecified atom stereocenters. The number of pyridine rings is 1. The number of hydroxylamine groups is 1. The number of piperazine rings is 1. The zero-order valence-electron chi connectivity index (χ0n) is 16.3. The zero-order chi connectivity index (χ0) is 20.1. The standard InChI is InChI=1S/C20H25N5O3/c1-14-17(15(2)26)13-18(19(21-14)28-3)22-20(23-27)25-11-9-24(10-12-25)16-7-5-4-6-8-16/h4-8,13,27H,9-12H2,1-3H3,(H,22,23). The largest absolute Gasteiger partial charge is 0.479 e. The Morgan fingerprint density at radius 1 is 1.21 bits per heavy atom. The highest BCUT2D eigenvalue weighted by atomic mass is 16.5. The van der Waals surface area contributed by atoms with E-state index in [2.05, 4.69) is 32.5 Å². The van der Waals surface area contributed by atoms with Crippen molar-refractivity contribution in [3.05, 3.63) is 47.7 Å². The van der Waals surface area contributed by atoms with Gasteiger partial charge in [-0.05, 0) is 32.0 Å². The molecular formula is C20H25N5O3. The molecule has 0 radical (unpaired) electrons. The Morgan fingerprint density at radius 3 is 2.46 bits per heavy atom. The monoisotopic (exact) mass is 383 g/mol. The highest BCUT2D eigenvalue weighted by Crippen LogP contribution is 2.28. The van der Waals surface area contributed by atoms with E-state index in [0.29, 0.717) is 41.9 Å². The smallest absolute Gasteiger partial charge is 0.240 e. The molecular weight excluding hydrogens is 358 g/mol. The molecule has 0 atom stereocenters. The van der Waals surface area contributed by atoms with Crippen molar-refractivity contribution < 1.29 is 14.7 Å². The fraction of sp³-hybridized carbons (Fsp3) is 0.350. The Labute approximate surface area is 164 Å². The van der Waals surface area contributed by atoms with Crippen molar-refractivity contribution in [2.45, 2.75) is 13.8 Å². The third kappa shape index (κ3) is 4.23. The molecule has 0 bridgehead atoms. The van der Waals surface area contributed by atoms with E-state index < -0.39 is 0 Å². The first-order valence-electron chi connectivity index (χ1n) is 9.13. The summed E-state index contributed by atoms with van der Waals surface area (Å²) in [5.74, 6) is 0.503. The van der Waals surface area contributed by atoms with Crippen LogP contribution in [0.15, 0.2) is 41.4 Å². The number of anilines is 1. The quantitative estimate of drug-likeness (QED) is 0.363. The SMILES string of the molecule is COc1nc(C)c(C(C)=O)cc1N=C(NO)N1CCN(c2ccccc2)CC1. The number of carbonyl (C=O) groups excluding carboxylic acids is 1. The van der Waals surface area contributed by atoms with Crippen LogP contribution >= 0.6 is 0 Å². The van der Waals surface area contributed by atoms with Gasteiger partial charge in [-0.3, -0.25) is 10.0 Å². The second-order valence-electron chi connectivity index (χ2n) is 6.56. The van der Waals surface area contributed by atoms with E-state index >= 15 is 0 Å². The van der Waals surface area contributed by atoms with Crippen LogP contribution in [0.2, 0.25) is 0 Å². The lowest BCUT2D eigenvalue weighted by atomic mass is 10.1. The van der Waals surface area contributed by atoms with Gasteiger partial charge in [-0.2, -0.15) is 0 Å². The van der Waals surface area contributed by atoms with E-state index in [0.717, 1.165) is 13.1 Å². The Morgan fingerprint density at radius 2 is 1.89 bits per heavy atom. The lowest BCUT2D eigenvalue weighted by Gasteiger charge is -2.37. The van der Waals surface area contributed by atoms with E-state index in [-0.39, 0.29) is 5.78 Å². The van der Waals surface area contributed by atoms with Crippen molar-refractivity contribution in [1.29, 1.82) is 0 Å². The minimum Gasteiger partial charge on any atom is -0.479 e. The molecule has 1 aliphatic heterocycles. The summed E-state index contributed by atoms with van der Waals surface area (Å²) in [6.07, 6.45) is 0. The molecule has 1 aliphatic rings. The normalized spacial score (nSPS) is 14.8. The number of ether oxygens (including phenoxy) is 1. The van der Waals surface area contributed by atoms with Crippen molar-refractivity contribution in [2.24, 2.45) is 4.99 Å². The number of aliphatic imine (C=N–C) groups is 1. The van der Waals surface area contributed by atoms with E-state index in [1.54, 1.807) is 13.0 Å². The number of para-hydroxylation sites is 1. The molecule has 8 nitrogen and oxygen atoms in total. The summed E-state index contributed by atoms with van der Waals surface area (Å²) in [6, 6.07) is 11.8. The fourth-order valence-corrected chi connectivity index (χ4v) is 3.26. The summed E-state index contributed by atoms with van der Waals surface area (Å²) in [6.45, 7) is 6.20. The average Bonchev–Trinajstić information content (AvgIpc) is 2.73. The minimum atomic E-state index is -0.0981. The van der Waals surface area contributed by atoms with Gasteiger partial charge in [0.1, 0.15) is 5.69 Å². The predicted molar refractivity (Wildman–Crippen MR) is 108 cm³/mol. The van der Waals surface area contributed by atoms with Gasteiger partial charge in [-0.1, -0.05) is 18.2 Å². The first-order chi connectivity index (χ1) is 13.5. The Bertz CT molecular complexity index is 862. The van der Waals surface area contributed by atoms with Crippen molar-refractivity contribution in [3.8, 4) is 5.88 Å². The lowest BCUT2D eigenvalue weighted by Crippen LogP contribution is -2.52. The molecule has 28 heavy (non-hydrogen) atoms. The van der Waals surface area contributed by atoms with Crippen molar-refractivity contribution in [2.75, 3.05) is 38.2 Å². The summed E-state index contributed by atoms with van der Waals surface area (Å²) >= 11 is 0. The topological polar surface area (TPSA) is 90.3 Å². The molecule has 0 saturated carbocycles. The molecule has 2 N–H and O–H groups in total. The number of aromatic nitrogens is 1. The number of rotatable bonds is 4. The molecule has 2 heterocycles. The van der Waals surface area contributed by atoms with Crippen LogP contribution in [0, 0.1) is 6.92 Å². The Hall–Kier alpha value is -3.13. The first-order valence-corrected chi connectivity index (χ1v) is 9.13. The number of ketones is 1. The van der Waals surface area contributed by atoms with Gasteiger partial charge in [0.25, 0.3) is 0 Å². The van der Waals surface area contributed by atoms with Gasteiger partial charge in [0.05, 0.1) is 12.8 Å². The number of nitrogens with zero attached hydrogens (tertiary/aromatic N) is 4. The number of hydrogen-bond acceptors (Lipinski definition) is 6. The van der Waals surface area contributed by atoms with Gasteiger partial charge in [-0.15, -0.1) is 0 Å². The third-order valence-corrected chi connectivity index (χ3v) is 4.76. The molecule has 148 valence electrons. The second-order valence-corrected chi connectivity index (χ2v) is 6.56. The number of hydrogen-bond donors (Lipinski definition) is 2. The van der Waals surface area contributed by atoms with Crippen LogP contribution in [0.5, 0.6) is 5.88 Å². The second kappa shape index (κ2) is 8.71. The number of nitrogens with one attached hydrogen (secondary N) is 1. The fourth-order valence-electron chi connectivity index (χ4n) is 3.26. The van der Waals surface area contributed by atoms with Gasteiger partial charge >= 0.3 is 0 Å². The number of benzene rings is 1. The van der Waals surface area contributed by atoms with E-state index in [1.165, 1.54) is 19.7 Å². The van der Waals surface area contributed by atoms with Crippen LogP contribution in [0.25, 0.3) is 0 Å². The van der Waals surface area contributed by atoms with Crippen LogP contribution in [0.4, 0.5) is 11.4 Å². The van der Waals surface area contributed by atoms with Crippen LogP contribution in [-0.4, -0.2) is 60.1 Å². The summed E-state index contributed by atoms with van der Waals surface area (Å²) in [4.78, 5) is 24.9. The highest BCUT2D eigenvalue weighted by molar-refractivity contribution is 5.96. The van der Waals surface area contributed by atoms with E-state index in [1.807, 2.05) is 23.1 Å². The predicted octanol–water partition coefficient (Wildman–Crippen LogP) is 2.39. The maximum atomic E-state index is 11.8. The maximum Gasteiger partial charge on any atom is 0.240 e.